The maximum Gasteiger partial charge on any atom is 0.255 e. The molecule has 1 aromatic carbocycles. The summed E-state index contributed by atoms with van der Waals surface area (Å²) in [6, 6.07) is 9.60. The summed E-state index contributed by atoms with van der Waals surface area (Å²) in [6.45, 7) is 6.65. The first-order valence-electron chi connectivity index (χ1n) is 9.73. The summed E-state index contributed by atoms with van der Waals surface area (Å²) in [5.41, 5.74) is 4.32. The molecule has 0 bridgehead atoms. The van der Waals surface area contributed by atoms with Crippen LogP contribution in [0, 0.1) is 0 Å². The quantitative estimate of drug-likeness (QED) is 0.565. The van der Waals surface area contributed by atoms with Crippen molar-refractivity contribution in [1.29, 1.82) is 0 Å². The Labute approximate surface area is 180 Å². The molecule has 2 aromatic rings. The number of nitrogens with one attached hydrogen (secondary N) is 1. The van der Waals surface area contributed by atoms with Gasteiger partial charge in [0.1, 0.15) is 0 Å². The summed E-state index contributed by atoms with van der Waals surface area (Å²) in [6.07, 6.45) is 0.873. The number of benzene rings is 1. The highest BCUT2D eigenvalue weighted by molar-refractivity contribution is 7.10. The predicted octanol–water partition coefficient (Wildman–Crippen LogP) is 2.30. The third-order valence-corrected chi connectivity index (χ3v) is 5.99. The Morgan fingerprint density at radius 2 is 1.90 bits per heavy atom. The van der Waals surface area contributed by atoms with Gasteiger partial charge in [0.15, 0.2) is 12.2 Å². The monoisotopic (exact) mass is 426 g/mol. The van der Waals surface area contributed by atoms with Gasteiger partial charge in [-0.25, -0.2) is 0 Å². The molecule has 30 heavy (non-hydrogen) atoms. The number of hydrogen-bond acceptors (Lipinski definition) is 5. The standard InChI is InChI=1S/C23H26N2O4S/c1-3-6-15(2)9-16-10-19(30-14-16)11-24-22(28)20(26)21(27)23(29)25-12-17-7-4-5-8-18(17)13-25/h3-8,10,14,20-21,26-27H,1,9,11-13H2,2H3,(H,24,28)/t20-,21-/m1/s1. The van der Waals surface area contributed by atoms with E-state index in [9.17, 15) is 19.8 Å². The molecule has 0 unspecified atom stereocenters. The van der Waals surface area contributed by atoms with Crippen LogP contribution in [0.1, 0.15) is 28.5 Å². The molecule has 158 valence electrons. The molecule has 6 nitrogen and oxygen atoms in total. The highest BCUT2D eigenvalue weighted by atomic mass is 32.1. The van der Waals surface area contributed by atoms with Crippen molar-refractivity contribution in [3.63, 3.8) is 0 Å². The lowest BCUT2D eigenvalue weighted by Gasteiger charge is -2.22. The van der Waals surface area contributed by atoms with Gasteiger partial charge in [0.05, 0.1) is 6.54 Å². The van der Waals surface area contributed by atoms with Crippen molar-refractivity contribution in [3.8, 4) is 0 Å². The van der Waals surface area contributed by atoms with Crippen molar-refractivity contribution in [2.75, 3.05) is 0 Å². The zero-order valence-electron chi connectivity index (χ0n) is 16.9. The van der Waals surface area contributed by atoms with Crippen molar-refractivity contribution in [2.24, 2.45) is 0 Å². The maximum atomic E-state index is 12.5. The average Bonchev–Trinajstić information content (AvgIpc) is 3.37. The van der Waals surface area contributed by atoms with E-state index >= 15 is 0 Å². The van der Waals surface area contributed by atoms with Crippen LogP contribution in [0.5, 0.6) is 0 Å². The van der Waals surface area contributed by atoms with Gasteiger partial charge in [-0.3, -0.25) is 9.59 Å². The second-order valence-corrected chi connectivity index (χ2v) is 8.41. The molecule has 1 aliphatic rings. The molecular formula is C23H26N2O4S. The van der Waals surface area contributed by atoms with Gasteiger partial charge in [-0.15, -0.1) is 11.3 Å². The first-order valence-corrected chi connectivity index (χ1v) is 10.6. The van der Waals surface area contributed by atoms with E-state index in [0.29, 0.717) is 13.1 Å². The SMILES string of the molecule is C=CC=C(C)Cc1csc(CNC(=O)[C@H](O)[C@@H](O)C(=O)N2Cc3ccccc3C2)c1. The van der Waals surface area contributed by atoms with Gasteiger partial charge in [0.25, 0.3) is 11.8 Å². The average molecular weight is 427 g/mol. The molecule has 0 fully saturated rings. The van der Waals surface area contributed by atoms with E-state index in [4.69, 9.17) is 0 Å². The Kier molecular flexibility index (Phi) is 7.20. The Morgan fingerprint density at radius 3 is 2.53 bits per heavy atom. The second kappa shape index (κ2) is 9.84. The van der Waals surface area contributed by atoms with Gasteiger partial charge in [-0.2, -0.15) is 0 Å². The van der Waals surface area contributed by atoms with Gasteiger partial charge in [-0.05, 0) is 41.5 Å². The van der Waals surface area contributed by atoms with Crippen LogP contribution < -0.4 is 5.32 Å². The predicted molar refractivity (Wildman–Crippen MR) is 117 cm³/mol. The highest BCUT2D eigenvalue weighted by Crippen LogP contribution is 2.23. The number of fused-ring (bicyclic) bond motifs is 1. The fourth-order valence-electron chi connectivity index (χ4n) is 3.43. The molecule has 0 spiro atoms. The Morgan fingerprint density at radius 1 is 1.23 bits per heavy atom. The Bertz CT molecular complexity index is 941. The molecular weight excluding hydrogens is 400 g/mol. The zero-order chi connectivity index (χ0) is 21.7. The fraction of sp³-hybridized carbons (Fsp3) is 0.304. The molecule has 0 aliphatic carbocycles. The molecule has 0 radical (unpaired) electrons. The van der Waals surface area contributed by atoms with Crippen LogP contribution in [0.15, 0.2) is 60.0 Å². The molecule has 2 atom stereocenters. The summed E-state index contributed by atoms with van der Waals surface area (Å²) in [7, 11) is 0. The molecule has 1 aliphatic heterocycles. The number of aliphatic hydroxyl groups excluding tert-OH is 2. The summed E-state index contributed by atoms with van der Waals surface area (Å²) in [5.74, 6) is -1.43. The minimum Gasteiger partial charge on any atom is -0.380 e. The first kappa shape index (κ1) is 22.0. The summed E-state index contributed by atoms with van der Waals surface area (Å²) >= 11 is 1.50. The molecule has 2 heterocycles. The topological polar surface area (TPSA) is 89.9 Å². The molecule has 0 saturated carbocycles. The van der Waals surface area contributed by atoms with E-state index < -0.39 is 24.0 Å². The lowest BCUT2D eigenvalue weighted by molar-refractivity contribution is -0.153. The zero-order valence-corrected chi connectivity index (χ0v) is 17.7. The number of thiophene rings is 1. The van der Waals surface area contributed by atoms with E-state index in [0.717, 1.165) is 28.0 Å². The van der Waals surface area contributed by atoms with Crippen molar-refractivity contribution in [3.05, 3.63) is 81.6 Å². The van der Waals surface area contributed by atoms with E-state index in [1.807, 2.05) is 48.7 Å². The third kappa shape index (κ3) is 5.24. The second-order valence-electron chi connectivity index (χ2n) is 7.42. The minimum absolute atomic E-state index is 0.223. The van der Waals surface area contributed by atoms with Gasteiger partial charge in [0, 0.05) is 18.0 Å². The van der Waals surface area contributed by atoms with Gasteiger partial charge in [-0.1, -0.05) is 48.6 Å². The largest absolute Gasteiger partial charge is 0.380 e. The Balaban J connectivity index is 1.51. The van der Waals surface area contributed by atoms with Gasteiger partial charge < -0.3 is 20.4 Å². The normalized spacial score (nSPS) is 15.4. The Hall–Kier alpha value is -2.74. The van der Waals surface area contributed by atoms with E-state index in [2.05, 4.69) is 11.9 Å². The first-order chi connectivity index (χ1) is 14.4. The van der Waals surface area contributed by atoms with Crippen LogP contribution in [-0.4, -0.2) is 39.1 Å². The molecule has 0 saturated heterocycles. The van der Waals surface area contributed by atoms with E-state index in [1.165, 1.54) is 21.8 Å². The van der Waals surface area contributed by atoms with Crippen molar-refractivity contribution >= 4 is 23.2 Å². The summed E-state index contributed by atoms with van der Waals surface area (Å²) < 4.78 is 0. The minimum atomic E-state index is -1.82. The van der Waals surface area contributed by atoms with Crippen LogP contribution in [0.2, 0.25) is 0 Å². The van der Waals surface area contributed by atoms with E-state index in [-0.39, 0.29) is 6.54 Å². The van der Waals surface area contributed by atoms with Crippen LogP contribution in [0.4, 0.5) is 0 Å². The van der Waals surface area contributed by atoms with Gasteiger partial charge in [0.2, 0.25) is 0 Å². The number of carbonyl (C=O) groups is 2. The molecule has 7 heteroatoms. The van der Waals surface area contributed by atoms with Crippen LogP contribution in [-0.2, 0) is 35.6 Å². The molecule has 3 rings (SSSR count). The fourth-order valence-corrected chi connectivity index (χ4v) is 4.26. The third-order valence-electron chi connectivity index (χ3n) is 5.00. The van der Waals surface area contributed by atoms with Crippen molar-refractivity contribution < 1.29 is 19.8 Å². The number of rotatable bonds is 8. The number of allylic oxidation sites excluding steroid dienone is 3. The summed E-state index contributed by atoms with van der Waals surface area (Å²) in [4.78, 5) is 27.1. The number of aliphatic hydroxyl groups is 2. The number of nitrogens with zero attached hydrogens (tertiary/aromatic N) is 1. The molecule has 2 amide bonds. The van der Waals surface area contributed by atoms with Crippen LogP contribution in [0.25, 0.3) is 0 Å². The molecule has 1 aromatic heterocycles. The maximum absolute atomic E-state index is 12.5. The lowest BCUT2D eigenvalue weighted by atomic mass is 10.1. The van der Waals surface area contributed by atoms with Gasteiger partial charge >= 0.3 is 0 Å². The lowest BCUT2D eigenvalue weighted by Crippen LogP contribution is -2.49. The highest BCUT2D eigenvalue weighted by Gasteiger charge is 2.35. The van der Waals surface area contributed by atoms with E-state index in [1.54, 1.807) is 6.08 Å². The molecule has 3 N–H and O–H groups in total. The van der Waals surface area contributed by atoms with Crippen molar-refractivity contribution in [1.82, 2.24) is 10.2 Å². The van der Waals surface area contributed by atoms with Crippen LogP contribution >= 0.6 is 11.3 Å². The summed E-state index contributed by atoms with van der Waals surface area (Å²) in [5, 5.41) is 25.0. The number of amides is 2. The van der Waals surface area contributed by atoms with Crippen molar-refractivity contribution in [2.45, 2.75) is 45.2 Å². The number of hydrogen-bond donors (Lipinski definition) is 3. The smallest absolute Gasteiger partial charge is 0.255 e. The number of carbonyl (C=O) groups excluding carboxylic acids is 2. The van der Waals surface area contributed by atoms with Crippen LogP contribution in [0.3, 0.4) is 0 Å².